The number of carbonyl (C=O) groups excluding carboxylic acids is 1. The van der Waals surface area contributed by atoms with Gasteiger partial charge in [-0.15, -0.1) is 0 Å². The quantitative estimate of drug-likeness (QED) is 0.404. The molecule has 0 radical (unpaired) electrons. The number of halogens is 3. The van der Waals surface area contributed by atoms with Crippen LogP contribution in [0.5, 0.6) is 0 Å². The van der Waals surface area contributed by atoms with Gasteiger partial charge in [0.05, 0.1) is 29.9 Å². The number of nitrogens with zero attached hydrogens (tertiary/aromatic N) is 4. The van der Waals surface area contributed by atoms with Gasteiger partial charge in [-0.2, -0.15) is 13.9 Å². The highest BCUT2D eigenvalue weighted by molar-refractivity contribution is 9.10. The van der Waals surface area contributed by atoms with E-state index in [9.17, 15) is 13.6 Å². The third kappa shape index (κ3) is 4.27. The molecule has 0 saturated heterocycles. The summed E-state index contributed by atoms with van der Waals surface area (Å²) < 4.78 is 32.0. The molecule has 0 aliphatic carbocycles. The number of hydrogen-bond acceptors (Lipinski definition) is 5. The van der Waals surface area contributed by atoms with Crippen LogP contribution in [0.4, 0.5) is 8.78 Å². The van der Waals surface area contributed by atoms with Crippen molar-refractivity contribution in [2.24, 2.45) is 0 Å². The molecule has 0 spiro atoms. The Hall–Kier alpha value is -3.50. The number of nitrogens with one attached hydrogen (secondary N) is 1. The number of benzene rings is 1. The second kappa shape index (κ2) is 8.80. The fourth-order valence-electron chi connectivity index (χ4n) is 3.79. The lowest BCUT2D eigenvalue weighted by Crippen LogP contribution is -2.12. The van der Waals surface area contributed by atoms with E-state index < -0.39 is 6.61 Å². The van der Waals surface area contributed by atoms with Gasteiger partial charge in [0, 0.05) is 40.1 Å². The first-order valence-electron chi connectivity index (χ1n) is 9.96. The number of rotatable bonds is 6. The zero-order valence-electron chi connectivity index (χ0n) is 17.0. The number of aromatic nitrogens is 4. The third-order valence-corrected chi connectivity index (χ3v) is 5.66. The summed E-state index contributed by atoms with van der Waals surface area (Å²) in [6.45, 7) is -2.72. The SMILES string of the molecule is O=C1NCc2c1ccnc2-c1cc(-c2cc(Br)cc(COC(F)F)c2)n(-c2cccnc2)n1. The van der Waals surface area contributed by atoms with E-state index in [1.165, 1.54) is 0 Å². The molecule has 4 aromatic rings. The fraction of sp³-hybridized carbons (Fsp3) is 0.130. The molecule has 0 fully saturated rings. The van der Waals surface area contributed by atoms with Crippen molar-refractivity contribution in [3.63, 3.8) is 0 Å². The predicted molar refractivity (Wildman–Crippen MR) is 120 cm³/mol. The highest BCUT2D eigenvalue weighted by Gasteiger charge is 2.25. The van der Waals surface area contributed by atoms with Crippen LogP contribution in [0.1, 0.15) is 21.5 Å². The molecule has 4 heterocycles. The lowest BCUT2D eigenvalue weighted by atomic mass is 10.0. The van der Waals surface area contributed by atoms with Gasteiger partial charge in [-0.1, -0.05) is 15.9 Å². The van der Waals surface area contributed by atoms with Gasteiger partial charge in [-0.05, 0) is 48.0 Å². The summed E-state index contributed by atoms with van der Waals surface area (Å²) in [5.74, 6) is -0.142. The molecule has 1 aliphatic rings. The highest BCUT2D eigenvalue weighted by Crippen LogP contribution is 2.33. The Morgan fingerprint density at radius 1 is 1.18 bits per heavy atom. The lowest BCUT2D eigenvalue weighted by Gasteiger charge is -2.10. The maximum Gasteiger partial charge on any atom is 0.345 e. The van der Waals surface area contributed by atoms with Gasteiger partial charge in [0.2, 0.25) is 0 Å². The van der Waals surface area contributed by atoms with Crippen molar-refractivity contribution < 1.29 is 18.3 Å². The van der Waals surface area contributed by atoms with Crippen LogP contribution < -0.4 is 5.32 Å². The van der Waals surface area contributed by atoms with Crippen LogP contribution in [0.2, 0.25) is 0 Å². The van der Waals surface area contributed by atoms with Crippen molar-refractivity contribution in [2.45, 2.75) is 19.8 Å². The molecular formula is C23H16BrF2N5O2. The van der Waals surface area contributed by atoms with Gasteiger partial charge < -0.3 is 10.1 Å². The maximum atomic E-state index is 12.6. The molecule has 10 heteroatoms. The third-order valence-electron chi connectivity index (χ3n) is 5.20. The first-order valence-corrected chi connectivity index (χ1v) is 10.8. The van der Waals surface area contributed by atoms with Crippen molar-refractivity contribution in [1.29, 1.82) is 0 Å². The van der Waals surface area contributed by atoms with Crippen molar-refractivity contribution in [2.75, 3.05) is 0 Å². The van der Waals surface area contributed by atoms with Crippen LogP contribution in [0.25, 0.3) is 28.3 Å². The molecule has 3 aromatic heterocycles. The first-order chi connectivity index (χ1) is 16.0. The Morgan fingerprint density at radius 3 is 2.85 bits per heavy atom. The standard InChI is InChI=1S/C23H16BrF2N5O2/c24-15-7-13(12-33-23(25)26)6-14(8-15)20-9-19(30-31(20)16-2-1-4-27-10-16)21-18-11-29-22(32)17(18)3-5-28-21/h1-10,23H,11-12H2,(H,29,32). The molecule has 0 bridgehead atoms. The van der Waals surface area contributed by atoms with Gasteiger partial charge in [-0.25, -0.2) is 4.68 Å². The van der Waals surface area contributed by atoms with Crippen LogP contribution in [-0.4, -0.2) is 32.3 Å². The normalized spacial score (nSPS) is 12.8. The average molecular weight is 512 g/mol. The van der Waals surface area contributed by atoms with Gasteiger partial charge in [0.15, 0.2) is 0 Å². The largest absolute Gasteiger partial charge is 0.348 e. The maximum absolute atomic E-state index is 12.6. The van der Waals surface area contributed by atoms with Crippen molar-refractivity contribution >= 4 is 21.8 Å². The minimum atomic E-state index is -2.86. The molecule has 1 amide bonds. The first kappa shape index (κ1) is 21.4. The van der Waals surface area contributed by atoms with Gasteiger partial charge in [0.1, 0.15) is 5.69 Å². The van der Waals surface area contributed by atoms with Gasteiger partial charge in [0.25, 0.3) is 5.91 Å². The summed E-state index contributed by atoms with van der Waals surface area (Å²) in [7, 11) is 0. The van der Waals surface area contributed by atoms with Crippen LogP contribution in [0, 0.1) is 0 Å². The van der Waals surface area contributed by atoms with Crippen molar-refractivity contribution in [1.82, 2.24) is 25.1 Å². The number of alkyl halides is 2. The lowest BCUT2D eigenvalue weighted by molar-refractivity contribution is -0.137. The van der Waals surface area contributed by atoms with Crippen LogP contribution in [0.3, 0.4) is 0 Å². The molecule has 0 saturated carbocycles. The number of hydrogen-bond donors (Lipinski definition) is 1. The topological polar surface area (TPSA) is 81.9 Å². The second-order valence-corrected chi connectivity index (χ2v) is 8.24. The Labute approximate surface area is 195 Å². The minimum Gasteiger partial charge on any atom is -0.348 e. The van der Waals surface area contributed by atoms with Gasteiger partial charge >= 0.3 is 6.61 Å². The van der Waals surface area contributed by atoms with E-state index in [1.807, 2.05) is 18.2 Å². The monoisotopic (exact) mass is 511 g/mol. The Balaban J connectivity index is 1.66. The van der Waals surface area contributed by atoms with Crippen LogP contribution in [-0.2, 0) is 17.9 Å². The number of pyridine rings is 2. The number of fused-ring (bicyclic) bond motifs is 1. The summed E-state index contributed by atoms with van der Waals surface area (Å²) in [6.07, 6.45) is 4.92. The molecule has 0 atom stereocenters. The van der Waals surface area contributed by atoms with Crippen LogP contribution in [0.15, 0.2) is 65.5 Å². The Kier molecular flexibility index (Phi) is 5.69. The minimum absolute atomic E-state index is 0.142. The summed E-state index contributed by atoms with van der Waals surface area (Å²) in [4.78, 5) is 20.8. The summed E-state index contributed by atoms with van der Waals surface area (Å²) in [5, 5.41) is 7.58. The van der Waals surface area contributed by atoms with E-state index in [4.69, 9.17) is 5.10 Å². The number of ether oxygens (including phenoxy) is 1. The highest BCUT2D eigenvalue weighted by atomic mass is 79.9. The summed E-state index contributed by atoms with van der Waals surface area (Å²) in [5.41, 5.74) is 5.27. The molecule has 5 rings (SSSR count). The molecule has 1 aliphatic heterocycles. The second-order valence-electron chi connectivity index (χ2n) is 7.33. The van der Waals surface area contributed by atoms with E-state index in [1.54, 1.807) is 47.5 Å². The molecule has 0 unspecified atom stereocenters. The van der Waals surface area contributed by atoms with E-state index in [2.05, 4.69) is 36.0 Å². The smallest absolute Gasteiger partial charge is 0.345 e. The molecule has 1 aromatic carbocycles. The Bertz CT molecular complexity index is 1340. The average Bonchev–Trinajstić information content (AvgIpc) is 3.42. The van der Waals surface area contributed by atoms with Crippen LogP contribution >= 0.6 is 15.9 Å². The predicted octanol–water partition coefficient (Wildman–Crippen LogP) is 4.74. The molecular weight excluding hydrogens is 496 g/mol. The number of carbonyl (C=O) groups is 1. The molecule has 1 N–H and O–H groups in total. The molecule has 7 nitrogen and oxygen atoms in total. The summed E-state index contributed by atoms with van der Waals surface area (Å²) in [6, 6.07) is 12.6. The summed E-state index contributed by atoms with van der Waals surface area (Å²) >= 11 is 3.45. The van der Waals surface area contributed by atoms with E-state index in [0.29, 0.717) is 44.9 Å². The molecule has 166 valence electrons. The zero-order valence-corrected chi connectivity index (χ0v) is 18.6. The van der Waals surface area contributed by atoms with E-state index in [0.717, 1.165) is 11.1 Å². The molecule has 33 heavy (non-hydrogen) atoms. The Morgan fingerprint density at radius 2 is 2.06 bits per heavy atom. The number of amides is 1. The van der Waals surface area contributed by atoms with E-state index in [-0.39, 0.29) is 12.5 Å². The van der Waals surface area contributed by atoms with Crippen molar-refractivity contribution in [3.05, 3.63) is 82.2 Å². The van der Waals surface area contributed by atoms with Gasteiger partial charge in [-0.3, -0.25) is 14.8 Å². The zero-order chi connectivity index (χ0) is 22.9. The van der Waals surface area contributed by atoms with E-state index >= 15 is 0 Å². The fourth-order valence-corrected chi connectivity index (χ4v) is 4.33. The van der Waals surface area contributed by atoms with Crippen molar-refractivity contribution in [3.8, 4) is 28.3 Å².